The molecule has 1 fully saturated rings. The van der Waals surface area contributed by atoms with Crippen molar-refractivity contribution in [1.82, 2.24) is 10.2 Å². The molecule has 0 saturated carbocycles. The maximum absolute atomic E-state index is 13.2. The van der Waals surface area contributed by atoms with Crippen molar-refractivity contribution in [1.29, 1.82) is 0 Å². The van der Waals surface area contributed by atoms with Gasteiger partial charge in [0.15, 0.2) is 0 Å². The summed E-state index contributed by atoms with van der Waals surface area (Å²) in [5.74, 6) is 0.338. The fourth-order valence-corrected chi connectivity index (χ4v) is 3.95. The zero-order valence-electron chi connectivity index (χ0n) is 14.9. The molecule has 2 atom stereocenters. The first-order valence-corrected chi connectivity index (χ1v) is 9.18. The van der Waals surface area contributed by atoms with Gasteiger partial charge in [-0.15, -0.1) is 0 Å². The minimum atomic E-state index is -1.01. The predicted octanol–water partition coefficient (Wildman–Crippen LogP) is 2.21. The number of nitrogens with one attached hydrogen (secondary N) is 1. The molecule has 0 radical (unpaired) electrons. The number of hydrogen-bond acceptors (Lipinski definition) is 4. The lowest BCUT2D eigenvalue weighted by Crippen LogP contribution is -2.47. The lowest BCUT2D eigenvalue weighted by atomic mass is 9.76. The minimum Gasteiger partial charge on any atom is -0.491 e. The van der Waals surface area contributed by atoms with E-state index in [-0.39, 0.29) is 19.1 Å². The monoisotopic (exact) mass is 366 g/mol. The highest BCUT2D eigenvalue weighted by molar-refractivity contribution is 6.07. The van der Waals surface area contributed by atoms with Crippen molar-refractivity contribution < 1.29 is 19.4 Å². The van der Waals surface area contributed by atoms with Gasteiger partial charge in [-0.1, -0.05) is 42.5 Å². The maximum Gasteiger partial charge on any atom is 0.325 e. The molecule has 6 heteroatoms. The predicted molar refractivity (Wildman–Crippen MR) is 99.2 cm³/mol. The van der Waals surface area contributed by atoms with Gasteiger partial charge < -0.3 is 15.2 Å². The summed E-state index contributed by atoms with van der Waals surface area (Å²) in [6.45, 7) is -0.0912. The van der Waals surface area contributed by atoms with Gasteiger partial charge >= 0.3 is 6.03 Å². The topological polar surface area (TPSA) is 78.9 Å². The molecule has 4 rings (SSSR count). The van der Waals surface area contributed by atoms with Crippen LogP contribution in [0, 0.1) is 0 Å². The first-order valence-electron chi connectivity index (χ1n) is 9.18. The zero-order valence-corrected chi connectivity index (χ0v) is 14.9. The number of para-hydroxylation sites is 1. The Kier molecular flexibility index (Phi) is 4.58. The summed E-state index contributed by atoms with van der Waals surface area (Å²) >= 11 is 0. The number of amides is 3. The third kappa shape index (κ3) is 3.17. The van der Waals surface area contributed by atoms with Gasteiger partial charge in [0.05, 0.1) is 6.54 Å². The van der Waals surface area contributed by atoms with Gasteiger partial charge in [0.25, 0.3) is 5.91 Å². The summed E-state index contributed by atoms with van der Waals surface area (Å²) in [4.78, 5) is 26.8. The lowest BCUT2D eigenvalue weighted by Gasteiger charge is -2.33. The Balaban J connectivity index is 1.48. The number of imide groups is 1. The van der Waals surface area contributed by atoms with E-state index in [0.717, 1.165) is 28.9 Å². The van der Waals surface area contributed by atoms with Crippen molar-refractivity contribution in [3.05, 3.63) is 65.7 Å². The molecule has 0 bridgehead atoms. The van der Waals surface area contributed by atoms with E-state index in [1.165, 1.54) is 0 Å². The number of ether oxygens (including phenoxy) is 1. The number of β-amino-alcohol motifs (C(OH)–C–C–N with tert-alkyl or cyclic N) is 1. The smallest absolute Gasteiger partial charge is 0.325 e. The third-order valence-corrected chi connectivity index (χ3v) is 5.23. The second kappa shape index (κ2) is 7.04. The Labute approximate surface area is 157 Å². The zero-order chi connectivity index (χ0) is 18.9. The highest BCUT2D eigenvalue weighted by atomic mass is 16.5. The number of fused-ring (bicyclic) bond motifs is 2. The fraction of sp³-hybridized carbons (Fsp3) is 0.333. The Morgan fingerprint density at radius 3 is 2.67 bits per heavy atom. The molecule has 1 heterocycles. The van der Waals surface area contributed by atoms with Crippen LogP contribution in [0.4, 0.5) is 4.79 Å². The molecule has 2 aromatic rings. The van der Waals surface area contributed by atoms with E-state index in [0.29, 0.717) is 12.2 Å². The summed E-state index contributed by atoms with van der Waals surface area (Å²) in [6.07, 6.45) is 1.33. The summed E-state index contributed by atoms with van der Waals surface area (Å²) in [7, 11) is 0. The van der Waals surface area contributed by atoms with Crippen LogP contribution in [0.1, 0.15) is 24.0 Å². The molecule has 2 aliphatic rings. The molecular formula is C21H22N2O4. The second-order valence-corrected chi connectivity index (χ2v) is 7.04. The molecule has 1 spiro atoms. The summed E-state index contributed by atoms with van der Waals surface area (Å²) in [6, 6.07) is 16.4. The number of rotatable bonds is 5. The highest BCUT2D eigenvalue weighted by Crippen LogP contribution is 2.39. The van der Waals surface area contributed by atoms with E-state index in [1.54, 1.807) is 12.1 Å². The molecule has 27 heavy (non-hydrogen) atoms. The summed E-state index contributed by atoms with van der Waals surface area (Å²) < 4.78 is 5.52. The average molecular weight is 366 g/mol. The molecule has 2 N–H and O–H groups in total. The van der Waals surface area contributed by atoms with Crippen LogP contribution < -0.4 is 10.1 Å². The molecule has 1 aliphatic heterocycles. The SMILES string of the molecule is O=C1N[C@]2(CCCc3ccccc32)C(=O)N1C[C@H](O)COc1ccccc1. The van der Waals surface area contributed by atoms with Crippen molar-refractivity contribution in [3.63, 3.8) is 0 Å². The van der Waals surface area contributed by atoms with Crippen LogP contribution in [0.25, 0.3) is 0 Å². The Bertz CT molecular complexity index is 854. The number of benzene rings is 2. The first kappa shape index (κ1) is 17.5. The first-order chi connectivity index (χ1) is 13.1. The highest BCUT2D eigenvalue weighted by Gasteiger charge is 2.54. The standard InChI is InChI=1S/C21H22N2O4/c24-16(14-27-17-9-2-1-3-10-17)13-23-19(25)21(22-20(23)26)12-6-8-15-7-4-5-11-18(15)21/h1-5,7,9-11,16,24H,6,8,12-14H2,(H,22,26)/t16-,21-/m0/s1. The van der Waals surface area contributed by atoms with Crippen LogP contribution >= 0.6 is 0 Å². The lowest BCUT2D eigenvalue weighted by molar-refractivity contribution is -0.133. The Morgan fingerprint density at radius 2 is 1.85 bits per heavy atom. The van der Waals surface area contributed by atoms with Gasteiger partial charge in [-0.3, -0.25) is 9.69 Å². The number of aliphatic hydroxyl groups is 1. The van der Waals surface area contributed by atoms with E-state index in [9.17, 15) is 14.7 Å². The van der Waals surface area contributed by atoms with Crippen LogP contribution in [0.15, 0.2) is 54.6 Å². The fourth-order valence-electron chi connectivity index (χ4n) is 3.95. The van der Waals surface area contributed by atoms with Crippen LogP contribution in [0.5, 0.6) is 5.75 Å². The average Bonchev–Trinajstić information content (AvgIpc) is 2.92. The van der Waals surface area contributed by atoms with E-state index in [4.69, 9.17) is 4.74 Å². The van der Waals surface area contributed by atoms with Crippen LogP contribution in [0.3, 0.4) is 0 Å². The van der Waals surface area contributed by atoms with Crippen LogP contribution in [-0.2, 0) is 16.8 Å². The number of carbonyl (C=O) groups excluding carboxylic acids is 2. The van der Waals surface area contributed by atoms with Crippen molar-refractivity contribution in [2.24, 2.45) is 0 Å². The molecule has 1 aliphatic carbocycles. The maximum atomic E-state index is 13.2. The molecule has 2 aromatic carbocycles. The molecule has 140 valence electrons. The van der Waals surface area contributed by atoms with Crippen molar-refractivity contribution in [2.45, 2.75) is 30.9 Å². The number of carbonyl (C=O) groups is 2. The summed E-state index contributed by atoms with van der Waals surface area (Å²) in [5, 5.41) is 13.2. The van der Waals surface area contributed by atoms with Gasteiger partial charge in [-0.2, -0.15) is 0 Å². The quantitative estimate of drug-likeness (QED) is 0.796. The molecular weight excluding hydrogens is 344 g/mol. The van der Waals surface area contributed by atoms with Crippen molar-refractivity contribution >= 4 is 11.9 Å². The van der Waals surface area contributed by atoms with Crippen LogP contribution in [-0.4, -0.2) is 41.2 Å². The molecule has 3 amide bonds. The van der Waals surface area contributed by atoms with E-state index in [1.807, 2.05) is 42.5 Å². The normalized spacial score (nSPS) is 22.5. The Morgan fingerprint density at radius 1 is 1.11 bits per heavy atom. The van der Waals surface area contributed by atoms with Gasteiger partial charge in [-0.05, 0) is 42.5 Å². The van der Waals surface area contributed by atoms with Gasteiger partial charge in [0.2, 0.25) is 0 Å². The number of hydrogen-bond donors (Lipinski definition) is 2. The van der Waals surface area contributed by atoms with Crippen molar-refractivity contribution in [2.75, 3.05) is 13.2 Å². The largest absolute Gasteiger partial charge is 0.491 e. The van der Waals surface area contributed by atoms with Crippen LogP contribution in [0.2, 0.25) is 0 Å². The number of nitrogens with zero attached hydrogens (tertiary/aromatic N) is 1. The van der Waals surface area contributed by atoms with Gasteiger partial charge in [0, 0.05) is 0 Å². The third-order valence-electron chi connectivity index (χ3n) is 5.23. The van der Waals surface area contributed by atoms with Gasteiger partial charge in [-0.25, -0.2) is 4.79 Å². The number of urea groups is 1. The Hall–Kier alpha value is -2.86. The minimum absolute atomic E-state index is 0.00462. The number of aliphatic hydroxyl groups excluding tert-OH is 1. The van der Waals surface area contributed by atoms with E-state index in [2.05, 4.69) is 5.32 Å². The molecule has 6 nitrogen and oxygen atoms in total. The van der Waals surface area contributed by atoms with E-state index >= 15 is 0 Å². The molecule has 1 saturated heterocycles. The summed E-state index contributed by atoms with van der Waals surface area (Å²) in [5.41, 5.74) is 0.950. The van der Waals surface area contributed by atoms with Gasteiger partial charge in [0.1, 0.15) is 24.0 Å². The van der Waals surface area contributed by atoms with Crippen molar-refractivity contribution in [3.8, 4) is 5.75 Å². The second-order valence-electron chi connectivity index (χ2n) is 7.04. The molecule has 0 unspecified atom stereocenters. The number of aryl methyl sites for hydroxylation is 1. The van der Waals surface area contributed by atoms with E-state index < -0.39 is 17.7 Å². The molecule has 0 aromatic heterocycles.